The molecule has 0 saturated carbocycles. The molecule has 12 heavy (non-hydrogen) atoms. The highest BCUT2D eigenvalue weighted by Crippen LogP contribution is 2.02. The Morgan fingerprint density at radius 2 is 1.67 bits per heavy atom. The fourth-order valence-corrected chi connectivity index (χ4v) is 1.01. The maximum absolute atomic E-state index is 11.9. The van der Waals surface area contributed by atoms with Crippen LogP contribution in [0.5, 0.6) is 0 Å². The Hall–Kier alpha value is -0.670. The van der Waals surface area contributed by atoms with Crippen molar-refractivity contribution in [1.29, 1.82) is 0 Å². The van der Waals surface area contributed by atoms with Crippen LogP contribution in [0.3, 0.4) is 0 Å². The van der Waals surface area contributed by atoms with Gasteiger partial charge in [-0.3, -0.25) is 4.79 Å². The van der Waals surface area contributed by atoms with Crippen molar-refractivity contribution in [2.75, 3.05) is 13.1 Å². The standard InChI is InChI=1S/C8H15F2NO/c1-3-5-11(6-4-2)8(12)7(9)10/h7H,3-6H2,1-2H3. The number of carbonyl (C=O) groups excluding carboxylic acids is 1. The Morgan fingerprint density at radius 1 is 1.25 bits per heavy atom. The van der Waals surface area contributed by atoms with Crippen LogP contribution in [0, 0.1) is 0 Å². The molecule has 1 amide bonds. The van der Waals surface area contributed by atoms with Gasteiger partial charge in [0.2, 0.25) is 0 Å². The van der Waals surface area contributed by atoms with Crippen LogP contribution in [-0.2, 0) is 4.79 Å². The number of amides is 1. The molecule has 0 aliphatic rings. The van der Waals surface area contributed by atoms with Gasteiger partial charge in [-0.2, -0.15) is 8.78 Å². The molecular weight excluding hydrogens is 164 g/mol. The summed E-state index contributed by atoms with van der Waals surface area (Å²) in [4.78, 5) is 12.0. The van der Waals surface area contributed by atoms with Crippen molar-refractivity contribution in [3.8, 4) is 0 Å². The Balaban J connectivity index is 3.99. The van der Waals surface area contributed by atoms with Crippen LogP contribution in [0.1, 0.15) is 26.7 Å². The van der Waals surface area contributed by atoms with Crippen molar-refractivity contribution in [1.82, 2.24) is 4.90 Å². The lowest BCUT2D eigenvalue weighted by Gasteiger charge is -2.20. The molecule has 0 radical (unpaired) electrons. The van der Waals surface area contributed by atoms with Crippen molar-refractivity contribution in [3.05, 3.63) is 0 Å². The zero-order chi connectivity index (χ0) is 9.56. The lowest BCUT2D eigenvalue weighted by atomic mass is 10.3. The van der Waals surface area contributed by atoms with E-state index >= 15 is 0 Å². The first-order valence-electron chi connectivity index (χ1n) is 4.20. The summed E-state index contributed by atoms with van der Waals surface area (Å²) in [7, 11) is 0. The Bertz CT molecular complexity index is 133. The van der Waals surface area contributed by atoms with Gasteiger partial charge in [0.15, 0.2) is 0 Å². The highest BCUT2D eigenvalue weighted by Gasteiger charge is 2.21. The van der Waals surface area contributed by atoms with Gasteiger partial charge in [-0.25, -0.2) is 0 Å². The average Bonchev–Trinajstić information content (AvgIpc) is 2.03. The van der Waals surface area contributed by atoms with Crippen molar-refractivity contribution in [2.24, 2.45) is 0 Å². The number of halogens is 2. The average molecular weight is 179 g/mol. The molecule has 0 atom stereocenters. The number of hydrogen-bond donors (Lipinski definition) is 0. The molecule has 0 spiro atoms. The summed E-state index contributed by atoms with van der Waals surface area (Å²) in [6.45, 7) is 4.58. The van der Waals surface area contributed by atoms with Gasteiger partial charge in [-0.1, -0.05) is 13.8 Å². The minimum Gasteiger partial charge on any atom is -0.338 e. The second-order valence-corrected chi connectivity index (χ2v) is 2.63. The fourth-order valence-electron chi connectivity index (χ4n) is 1.01. The minimum atomic E-state index is -2.86. The van der Waals surface area contributed by atoms with Gasteiger partial charge in [0.25, 0.3) is 5.91 Å². The molecule has 0 aliphatic carbocycles. The Morgan fingerprint density at radius 3 is 1.92 bits per heavy atom. The summed E-state index contributed by atoms with van der Waals surface area (Å²) < 4.78 is 23.9. The molecule has 0 N–H and O–H groups in total. The van der Waals surface area contributed by atoms with E-state index in [9.17, 15) is 13.6 Å². The van der Waals surface area contributed by atoms with Crippen molar-refractivity contribution < 1.29 is 13.6 Å². The van der Waals surface area contributed by atoms with E-state index in [0.717, 1.165) is 12.8 Å². The minimum absolute atomic E-state index is 0.428. The maximum Gasteiger partial charge on any atom is 0.315 e. The lowest BCUT2D eigenvalue weighted by Crippen LogP contribution is -2.36. The van der Waals surface area contributed by atoms with Crippen LogP contribution >= 0.6 is 0 Å². The van der Waals surface area contributed by atoms with E-state index in [2.05, 4.69) is 0 Å². The second kappa shape index (κ2) is 5.91. The van der Waals surface area contributed by atoms with E-state index in [4.69, 9.17) is 0 Å². The summed E-state index contributed by atoms with van der Waals surface area (Å²) in [5.74, 6) is -1.04. The van der Waals surface area contributed by atoms with Gasteiger partial charge in [-0.15, -0.1) is 0 Å². The van der Waals surface area contributed by atoms with Crippen LogP contribution in [0.25, 0.3) is 0 Å². The van der Waals surface area contributed by atoms with E-state index in [1.807, 2.05) is 13.8 Å². The summed E-state index contributed by atoms with van der Waals surface area (Å²) in [6.07, 6.45) is -1.42. The van der Waals surface area contributed by atoms with Gasteiger partial charge in [0, 0.05) is 13.1 Å². The Labute approximate surface area is 71.5 Å². The molecule has 72 valence electrons. The predicted octanol–water partition coefficient (Wildman–Crippen LogP) is 1.90. The third kappa shape index (κ3) is 3.64. The van der Waals surface area contributed by atoms with E-state index in [1.54, 1.807) is 0 Å². The van der Waals surface area contributed by atoms with Gasteiger partial charge >= 0.3 is 6.43 Å². The predicted molar refractivity (Wildman–Crippen MR) is 43.2 cm³/mol. The smallest absolute Gasteiger partial charge is 0.315 e. The first kappa shape index (κ1) is 11.3. The number of nitrogens with zero attached hydrogens (tertiary/aromatic N) is 1. The number of hydrogen-bond acceptors (Lipinski definition) is 1. The highest BCUT2D eigenvalue weighted by molar-refractivity contribution is 5.79. The van der Waals surface area contributed by atoms with Crippen molar-refractivity contribution >= 4 is 5.91 Å². The topological polar surface area (TPSA) is 20.3 Å². The molecular formula is C8H15F2NO. The molecule has 0 aromatic heterocycles. The number of alkyl halides is 2. The molecule has 0 unspecified atom stereocenters. The number of carbonyl (C=O) groups is 1. The first-order chi connectivity index (χ1) is 5.63. The monoisotopic (exact) mass is 179 g/mol. The third-order valence-corrected chi connectivity index (χ3v) is 1.49. The fraction of sp³-hybridized carbons (Fsp3) is 0.875. The number of rotatable bonds is 5. The molecule has 0 rings (SSSR count). The van der Waals surface area contributed by atoms with Crippen LogP contribution in [0.2, 0.25) is 0 Å². The van der Waals surface area contributed by atoms with E-state index < -0.39 is 12.3 Å². The highest BCUT2D eigenvalue weighted by atomic mass is 19.3. The van der Waals surface area contributed by atoms with E-state index in [0.29, 0.717) is 13.1 Å². The van der Waals surface area contributed by atoms with Crippen LogP contribution in [0.15, 0.2) is 0 Å². The van der Waals surface area contributed by atoms with Crippen LogP contribution < -0.4 is 0 Å². The van der Waals surface area contributed by atoms with Crippen molar-refractivity contribution in [2.45, 2.75) is 33.1 Å². The lowest BCUT2D eigenvalue weighted by molar-refractivity contribution is -0.142. The van der Waals surface area contributed by atoms with E-state index in [1.165, 1.54) is 4.90 Å². The Kier molecular flexibility index (Phi) is 5.58. The summed E-state index contributed by atoms with van der Waals surface area (Å²) in [5.41, 5.74) is 0. The quantitative estimate of drug-likeness (QED) is 0.631. The van der Waals surface area contributed by atoms with Gasteiger partial charge < -0.3 is 4.90 Å². The van der Waals surface area contributed by atoms with Crippen molar-refractivity contribution in [3.63, 3.8) is 0 Å². The van der Waals surface area contributed by atoms with Crippen LogP contribution in [0.4, 0.5) is 8.78 Å². The molecule has 0 aliphatic heterocycles. The van der Waals surface area contributed by atoms with E-state index in [-0.39, 0.29) is 0 Å². The molecule has 2 nitrogen and oxygen atoms in total. The maximum atomic E-state index is 11.9. The summed E-state index contributed by atoms with van der Waals surface area (Å²) in [5, 5.41) is 0. The molecule has 0 bridgehead atoms. The molecule has 0 aromatic carbocycles. The second-order valence-electron chi connectivity index (χ2n) is 2.63. The molecule has 4 heteroatoms. The molecule has 0 fully saturated rings. The van der Waals surface area contributed by atoms with Gasteiger partial charge in [-0.05, 0) is 12.8 Å². The molecule has 0 saturated heterocycles. The largest absolute Gasteiger partial charge is 0.338 e. The summed E-state index contributed by atoms with van der Waals surface area (Å²) >= 11 is 0. The zero-order valence-corrected chi connectivity index (χ0v) is 7.52. The normalized spacial score (nSPS) is 10.4. The summed E-state index contributed by atoms with van der Waals surface area (Å²) in [6, 6.07) is 0. The molecule has 0 aromatic rings. The first-order valence-corrected chi connectivity index (χ1v) is 4.20. The SMILES string of the molecule is CCCN(CCC)C(=O)C(F)F. The third-order valence-electron chi connectivity index (χ3n) is 1.49. The van der Waals surface area contributed by atoms with Gasteiger partial charge in [0.1, 0.15) is 0 Å². The van der Waals surface area contributed by atoms with Crippen LogP contribution in [-0.4, -0.2) is 30.3 Å². The molecule has 0 heterocycles. The zero-order valence-electron chi connectivity index (χ0n) is 7.52. The van der Waals surface area contributed by atoms with Gasteiger partial charge in [0.05, 0.1) is 0 Å².